The molecule has 0 atom stereocenters. The standard InChI is InChI=1S/C16H14BrN3/c17-10-6-7-14-15(9-10)20-16(19-14)12-3-1-5-13-11(12)4-2-8-18-13/h1,3,5-7,9,18H,2,4,8H2,(H,19,20). The van der Waals surface area contributed by atoms with Crippen molar-refractivity contribution in [3.05, 3.63) is 46.4 Å². The molecule has 1 aromatic heterocycles. The molecule has 0 fully saturated rings. The van der Waals surface area contributed by atoms with Gasteiger partial charge < -0.3 is 10.3 Å². The van der Waals surface area contributed by atoms with E-state index in [1.54, 1.807) is 0 Å². The van der Waals surface area contributed by atoms with Crippen LogP contribution in [-0.2, 0) is 6.42 Å². The first-order valence-corrected chi connectivity index (χ1v) is 7.62. The van der Waals surface area contributed by atoms with Gasteiger partial charge in [0.1, 0.15) is 5.82 Å². The summed E-state index contributed by atoms with van der Waals surface area (Å²) in [7, 11) is 0. The van der Waals surface area contributed by atoms with E-state index in [0.717, 1.165) is 34.3 Å². The van der Waals surface area contributed by atoms with E-state index in [1.165, 1.54) is 23.2 Å². The molecule has 2 heterocycles. The van der Waals surface area contributed by atoms with Gasteiger partial charge in [-0.05, 0) is 42.7 Å². The largest absolute Gasteiger partial charge is 0.385 e. The molecule has 2 N–H and O–H groups in total. The molecule has 2 aromatic carbocycles. The minimum absolute atomic E-state index is 0.957. The Labute approximate surface area is 125 Å². The van der Waals surface area contributed by atoms with Crippen LogP contribution >= 0.6 is 15.9 Å². The van der Waals surface area contributed by atoms with Crippen LogP contribution in [0.15, 0.2) is 40.9 Å². The molecule has 4 heteroatoms. The summed E-state index contributed by atoms with van der Waals surface area (Å²) in [6.45, 7) is 1.06. The lowest BCUT2D eigenvalue weighted by Gasteiger charge is -2.20. The Balaban J connectivity index is 1.90. The molecular weight excluding hydrogens is 314 g/mol. The summed E-state index contributed by atoms with van der Waals surface area (Å²) >= 11 is 3.50. The lowest BCUT2D eigenvalue weighted by Crippen LogP contribution is -2.12. The maximum Gasteiger partial charge on any atom is 0.138 e. The zero-order chi connectivity index (χ0) is 13.5. The molecule has 0 saturated heterocycles. The first kappa shape index (κ1) is 12.0. The van der Waals surface area contributed by atoms with Crippen molar-refractivity contribution in [3.8, 4) is 11.4 Å². The van der Waals surface area contributed by atoms with Crippen molar-refractivity contribution in [2.45, 2.75) is 12.8 Å². The van der Waals surface area contributed by atoms with Gasteiger partial charge in [-0.25, -0.2) is 4.98 Å². The predicted octanol–water partition coefficient (Wildman–Crippen LogP) is 4.35. The molecule has 20 heavy (non-hydrogen) atoms. The van der Waals surface area contributed by atoms with Gasteiger partial charge in [0.25, 0.3) is 0 Å². The van der Waals surface area contributed by atoms with Gasteiger partial charge in [0.05, 0.1) is 11.0 Å². The summed E-state index contributed by atoms with van der Waals surface area (Å²) in [5, 5.41) is 3.47. The van der Waals surface area contributed by atoms with E-state index in [2.05, 4.69) is 50.5 Å². The summed E-state index contributed by atoms with van der Waals surface area (Å²) in [5.41, 5.74) is 5.90. The number of halogens is 1. The second-order valence-corrected chi connectivity index (χ2v) is 6.02. The number of anilines is 1. The molecule has 1 aliphatic rings. The highest BCUT2D eigenvalue weighted by Crippen LogP contribution is 2.32. The van der Waals surface area contributed by atoms with Gasteiger partial charge in [0, 0.05) is 22.3 Å². The SMILES string of the molecule is Brc1ccc2nc(-c3cccc4c3CCCN4)[nH]c2c1. The number of nitrogens with one attached hydrogen (secondary N) is 2. The van der Waals surface area contributed by atoms with Crippen molar-refractivity contribution in [3.63, 3.8) is 0 Å². The number of hydrogen-bond acceptors (Lipinski definition) is 2. The number of benzene rings is 2. The molecule has 0 amide bonds. The number of hydrogen-bond donors (Lipinski definition) is 2. The topological polar surface area (TPSA) is 40.7 Å². The van der Waals surface area contributed by atoms with Crippen LogP contribution in [0.2, 0.25) is 0 Å². The van der Waals surface area contributed by atoms with E-state index in [-0.39, 0.29) is 0 Å². The van der Waals surface area contributed by atoms with Crippen LogP contribution in [0, 0.1) is 0 Å². The van der Waals surface area contributed by atoms with Crippen LogP contribution in [0.5, 0.6) is 0 Å². The van der Waals surface area contributed by atoms with E-state index in [9.17, 15) is 0 Å². The minimum Gasteiger partial charge on any atom is -0.385 e. The molecule has 0 spiro atoms. The van der Waals surface area contributed by atoms with E-state index < -0.39 is 0 Å². The summed E-state index contributed by atoms with van der Waals surface area (Å²) < 4.78 is 1.07. The first-order chi connectivity index (χ1) is 9.81. The van der Waals surface area contributed by atoms with Crippen LogP contribution in [0.3, 0.4) is 0 Å². The Morgan fingerprint density at radius 3 is 3.05 bits per heavy atom. The lowest BCUT2D eigenvalue weighted by atomic mass is 9.97. The van der Waals surface area contributed by atoms with Crippen molar-refractivity contribution >= 4 is 32.7 Å². The average molecular weight is 328 g/mol. The third kappa shape index (κ3) is 1.91. The average Bonchev–Trinajstić information content (AvgIpc) is 2.89. The Morgan fingerprint density at radius 1 is 1.15 bits per heavy atom. The molecule has 0 unspecified atom stereocenters. The maximum absolute atomic E-state index is 4.73. The van der Waals surface area contributed by atoms with Crippen molar-refractivity contribution in [2.24, 2.45) is 0 Å². The highest BCUT2D eigenvalue weighted by atomic mass is 79.9. The molecule has 0 bridgehead atoms. The van der Waals surface area contributed by atoms with Crippen molar-refractivity contribution in [2.75, 3.05) is 11.9 Å². The molecular formula is C16H14BrN3. The molecule has 0 aliphatic carbocycles. The molecule has 4 rings (SSSR count). The summed E-state index contributed by atoms with van der Waals surface area (Å²) in [6, 6.07) is 12.5. The Hall–Kier alpha value is -1.81. The first-order valence-electron chi connectivity index (χ1n) is 6.83. The summed E-state index contributed by atoms with van der Waals surface area (Å²) in [6.07, 6.45) is 2.29. The summed E-state index contributed by atoms with van der Waals surface area (Å²) in [4.78, 5) is 8.16. The zero-order valence-corrected chi connectivity index (χ0v) is 12.5. The molecule has 100 valence electrons. The molecule has 0 radical (unpaired) electrons. The number of fused-ring (bicyclic) bond motifs is 2. The molecule has 0 saturated carbocycles. The Morgan fingerprint density at radius 2 is 2.10 bits per heavy atom. The fourth-order valence-corrected chi connectivity index (χ4v) is 3.20. The second-order valence-electron chi connectivity index (χ2n) is 5.11. The van der Waals surface area contributed by atoms with Crippen LogP contribution in [0.1, 0.15) is 12.0 Å². The monoisotopic (exact) mass is 327 g/mol. The van der Waals surface area contributed by atoms with Crippen LogP contribution < -0.4 is 5.32 Å². The third-order valence-corrected chi connectivity index (χ3v) is 4.29. The Bertz CT molecular complexity index is 792. The Kier molecular flexibility index (Phi) is 2.77. The predicted molar refractivity (Wildman–Crippen MR) is 86.0 cm³/mol. The highest BCUT2D eigenvalue weighted by molar-refractivity contribution is 9.10. The summed E-state index contributed by atoms with van der Waals surface area (Å²) in [5.74, 6) is 0.957. The van der Waals surface area contributed by atoms with E-state index in [1.807, 2.05) is 12.1 Å². The van der Waals surface area contributed by atoms with E-state index in [0.29, 0.717) is 0 Å². The molecule has 3 aromatic rings. The number of nitrogens with zero attached hydrogens (tertiary/aromatic N) is 1. The van der Waals surface area contributed by atoms with Gasteiger partial charge in [-0.15, -0.1) is 0 Å². The van der Waals surface area contributed by atoms with Gasteiger partial charge in [-0.3, -0.25) is 0 Å². The zero-order valence-electron chi connectivity index (χ0n) is 10.9. The smallest absolute Gasteiger partial charge is 0.138 e. The normalized spacial score (nSPS) is 14.1. The quantitative estimate of drug-likeness (QED) is 0.697. The molecule has 3 nitrogen and oxygen atoms in total. The van der Waals surface area contributed by atoms with Gasteiger partial charge in [0.15, 0.2) is 0 Å². The van der Waals surface area contributed by atoms with Crippen LogP contribution in [0.25, 0.3) is 22.4 Å². The van der Waals surface area contributed by atoms with Gasteiger partial charge in [-0.1, -0.05) is 28.1 Å². The number of imidazole rings is 1. The van der Waals surface area contributed by atoms with Gasteiger partial charge in [-0.2, -0.15) is 0 Å². The molecule has 1 aliphatic heterocycles. The lowest BCUT2D eigenvalue weighted by molar-refractivity contribution is 0.831. The van der Waals surface area contributed by atoms with Gasteiger partial charge in [0.2, 0.25) is 0 Å². The highest BCUT2D eigenvalue weighted by Gasteiger charge is 2.15. The second kappa shape index (κ2) is 4.63. The fraction of sp³-hybridized carbons (Fsp3) is 0.188. The third-order valence-electron chi connectivity index (χ3n) is 3.79. The van der Waals surface area contributed by atoms with E-state index >= 15 is 0 Å². The number of H-pyrrole nitrogens is 1. The maximum atomic E-state index is 4.73. The number of rotatable bonds is 1. The van der Waals surface area contributed by atoms with Crippen molar-refractivity contribution < 1.29 is 0 Å². The van der Waals surface area contributed by atoms with Crippen molar-refractivity contribution in [1.82, 2.24) is 9.97 Å². The number of aromatic nitrogens is 2. The van der Waals surface area contributed by atoms with Gasteiger partial charge >= 0.3 is 0 Å². The van der Waals surface area contributed by atoms with Crippen molar-refractivity contribution in [1.29, 1.82) is 0 Å². The van der Waals surface area contributed by atoms with Crippen LogP contribution in [0.4, 0.5) is 5.69 Å². The fourth-order valence-electron chi connectivity index (χ4n) is 2.84. The number of aromatic amines is 1. The minimum atomic E-state index is 0.957. The van der Waals surface area contributed by atoms with Crippen LogP contribution in [-0.4, -0.2) is 16.5 Å². The van der Waals surface area contributed by atoms with E-state index in [4.69, 9.17) is 4.98 Å².